The smallest absolute Gasteiger partial charge is 0.290 e. The highest BCUT2D eigenvalue weighted by atomic mass is 16.6. The zero-order valence-corrected chi connectivity index (χ0v) is 10.0. The van der Waals surface area contributed by atoms with Gasteiger partial charge in [0.25, 0.3) is 5.69 Å². The van der Waals surface area contributed by atoms with Crippen molar-refractivity contribution in [3.63, 3.8) is 0 Å². The van der Waals surface area contributed by atoms with Crippen LogP contribution in [0.5, 0.6) is 0 Å². The summed E-state index contributed by atoms with van der Waals surface area (Å²) in [5.74, 6) is 0.226. The van der Waals surface area contributed by atoms with Crippen molar-refractivity contribution in [2.45, 2.75) is 32.7 Å². The lowest BCUT2D eigenvalue weighted by molar-refractivity contribution is -0.385. The molecule has 5 nitrogen and oxygen atoms in total. The highest BCUT2D eigenvalue weighted by molar-refractivity contribution is 5.38. The molecule has 0 aliphatic heterocycles. The second-order valence-electron chi connectivity index (χ2n) is 4.02. The van der Waals surface area contributed by atoms with E-state index in [1.165, 1.54) is 6.20 Å². The molecule has 0 aliphatic carbocycles. The Morgan fingerprint density at radius 3 is 2.56 bits per heavy atom. The third-order valence-corrected chi connectivity index (χ3v) is 2.97. The first-order valence-electron chi connectivity index (χ1n) is 5.25. The van der Waals surface area contributed by atoms with Crippen LogP contribution in [0.4, 0.5) is 5.69 Å². The normalized spacial score (nSPS) is 14.5. The third kappa shape index (κ3) is 2.55. The van der Waals surface area contributed by atoms with Gasteiger partial charge in [-0.2, -0.15) is 0 Å². The van der Waals surface area contributed by atoms with E-state index in [2.05, 4.69) is 24.1 Å². The van der Waals surface area contributed by atoms with Crippen molar-refractivity contribution in [3.05, 3.63) is 33.6 Å². The van der Waals surface area contributed by atoms with E-state index < -0.39 is 4.92 Å². The number of nitrogens with zero attached hydrogens (tertiary/aromatic N) is 2. The Morgan fingerprint density at radius 2 is 2.12 bits per heavy atom. The topological polar surface area (TPSA) is 68.1 Å². The first-order chi connectivity index (χ1) is 7.47. The summed E-state index contributed by atoms with van der Waals surface area (Å²) in [4.78, 5) is 14.4. The Morgan fingerprint density at radius 1 is 1.50 bits per heavy atom. The van der Waals surface area contributed by atoms with Crippen LogP contribution >= 0.6 is 0 Å². The number of aromatic nitrogens is 1. The highest BCUT2D eigenvalue weighted by Gasteiger charge is 2.17. The predicted octanol–water partition coefficient (Wildman–Crippen LogP) is 2.01. The zero-order chi connectivity index (χ0) is 12.3. The molecule has 0 fully saturated rings. The summed E-state index contributed by atoms with van der Waals surface area (Å²) in [6, 6.07) is 2.07. The van der Waals surface area contributed by atoms with Crippen molar-refractivity contribution in [3.8, 4) is 0 Å². The molecule has 0 amide bonds. The van der Waals surface area contributed by atoms with Gasteiger partial charge in [-0.3, -0.25) is 15.1 Å². The van der Waals surface area contributed by atoms with Gasteiger partial charge < -0.3 is 5.32 Å². The molecule has 0 aromatic carbocycles. The molecule has 0 radical (unpaired) electrons. The number of nitrogens with one attached hydrogen (secondary N) is 1. The fourth-order valence-corrected chi connectivity index (χ4v) is 1.52. The maximum atomic E-state index is 10.6. The van der Waals surface area contributed by atoms with E-state index in [-0.39, 0.29) is 17.6 Å². The first kappa shape index (κ1) is 12.6. The summed E-state index contributed by atoms with van der Waals surface area (Å²) < 4.78 is 0. The minimum atomic E-state index is -0.404. The number of hydrogen-bond acceptors (Lipinski definition) is 4. The van der Waals surface area contributed by atoms with Crippen LogP contribution in [0.2, 0.25) is 0 Å². The molecule has 1 N–H and O–H groups in total. The number of nitro groups is 1. The van der Waals surface area contributed by atoms with Crippen LogP contribution in [0, 0.1) is 17.0 Å². The van der Waals surface area contributed by atoms with Crippen molar-refractivity contribution in [2.75, 3.05) is 7.05 Å². The van der Waals surface area contributed by atoms with Gasteiger partial charge in [-0.1, -0.05) is 6.92 Å². The quantitative estimate of drug-likeness (QED) is 0.626. The van der Waals surface area contributed by atoms with Crippen LogP contribution in [0.1, 0.15) is 31.0 Å². The summed E-state index contributed by atoms with van der Waals surface area (Å²) in [5.41, 5.74) is 1.61. The van der Waals surface area contributed by atoms with E-state index in [1.54, 1.807) is 13.0 Å². The van der Waals surface area contributed by atoms with Crippen molar-refractivity contribution in [2.24, 2.45) is 0 Å². The van der Waals surface area contributed by atoms with E-state index in [0.29, 0.717) is 5.56 Å². The van der Waals surface area contributed by atoms with Crippen molar-refractivity contribution in [1.82, 2.24) is 10.3 Å². The van der Waals surface area contributed by atoms with Gasteiger partial charge in [-0.15, -0.1) is 0 Å². The number of pyridine rings is 1. The van der Waals surface area contributed by atoms with Crippen LogP contribution in [0.25, 0.3) is 0 Å². The molecule has 0 spiro atoms. The SMILES string of the molecule is CNC(C)C(C)c1cc(C)c([N+](=O)[O-])cn1. The molecule has 88 valence electrons. The molecule has 0 saturated heterocycles. The Balaban J connectivity index is 3.01. The van der Waals surface area contributed by atoms with E-state index in [0.717, 1.165) is 5.69 Å². The van der Waals surface area contributed by atoms with Crippen LogP contribution in [-0.2, 0) is 0 Å². The number of rotatable bonds is 4. The average Bonchev–Trinajstić information content (AvgIpc) is 2.26. The molecule has 0 saturated carbocycles. The number of likely N-dealkylation sites (N-methyl/N-ethyl adjacent to an activating group) is 1. The van der Waals surface area contributed by atoms with Gasteiger partial charge in [-0.25, -0.2) is 0 Å². The molecule has 2 atom stereocenters. The summed E-state index contributed by atoms with van der Waals surface area (Å²) in [5, 5.41) is 13.8. The zero-order valence-electron chi connectivity index (χ0n) is 10.0. The van der Waals surface area contributed by atoms with Crippen molar-refractivity contribution in [1.29, 1.82) is 0 Å². The molecular weight excluding hydrogens is 206 g/mol. The van der Waals surface area contributed by atoms with E-state index in [9.17, 15) is 10.1 Å². The van der Waals surface area contributed by atoms with Gasteiger partial charge in [-0.05, 0) is 27.0 Å². The van der Waals surface area contributed by atoms with Gasteiger partial charge in [0.1, 0.15) is 6.20 Å². The second kappa shape index (κ2) is 5.03. The maximum absolute atomic E-state index is 10.6. The summed E-state index contributed by atoms with van der Waals surface area (Å²) in [6.45, 7) is 5.85. The molecule has 16 heavy (non-hydrogen) atoms. The lowest BCUT2D eigenvalue weighted by atomic mass is 9.98. The lowest BCUT2D eigenvalue weighted by Gasteiger charge is -2.18. The van der Waals surface area contributed by atoms with E-state index in [4.69, 9.17) is 0 Å². The Labute approximate surface area is 95.0 Å². The van der Waals surface area contributed by atoms with Gasteiger partial charge in [0.05, 0.1) is 4.92 Å². The Kier molecular flexibility index (Phi) is 3.95. The summed E-state index contributed by atoms with van der Waals surface area (Å²) in [6.07, 6.45) is 1.34. The molecule has 1 rings (SSSR count). The molecule has 0 aliphatic rings. The molecule has 2 unspecified atom stereocenters. The van der Waals surface area contributed by atoms with Crippen LogP contribution in [-0.4, -0.2) is 23.0 Å². The Bertz CT molecular complexity index is 393. The largest absolute Gasteiger partial charge is 0.317 e. The van der Waals surface area contributed by atoms with Crippen LogP contribution in [0.15, 0.2) is 12.3 Å². The maximum Gasteiger partial charge on any atom is 0.290 e. The average molecular weight is 223 g/mol. The third-order valence-electron chi connectivity index (χ3n) is 2.97. The van der Waals surface area contributed by atoms with Crippen LogP contribution in [0.3, 0.4) is 0 Å². The minimum Gasteiger partial charge on any atom is -0.317 e. The fraction of sp³-hybridized carbons (Fsp3) is 0.545. The lowest BCUT2D eigenvalue weighted by Crippen LogP contribution is -2.27. The first-order valence-corrected chi connectivity index (χ1v) is 5.25. The summed E-state index contributed by atoms with van der Waals surface area (Å²) >= 11 is 0. The minimum absolute atomic E-state index is 0.0769. The van der Waals surface area contributed by atoms with Gasteiger partial charge in [0.2, 0.25) is 0 Å². The summed E-state index contributed by atoms with van der Waals surface area (Å²) in [7, 11) is 1.89. The second-order valence-corrected chi connectivity index (χ2v) is 4.02. The number of aryl methyl sites for hydroxylation is 1. The molecular formula is C11H17N3O2. The van der Waals surface area contributed by atoms with Crippen molar-refractivity contribution >= 4 is 5.69 Å². The van der Waals surface area contributed by atoms with Crippen LogP contribution < -0.4 is 5.32 Å². The van der Waals surface area contributed by atoms with E-state index in [1.807, 2.05) is 7.05 Å². The van der Waals surface area contributed by atoms with E-state index >= 15 is 0 Å². The molecule has 1 aromatic heterocycles. The van der Waals surface area contributed by atoms with Crippen molar-refractivity contribution < 1.29 is 4.92 Å². The Hall–Kier alpha value is -1.49. The van der Waals surface area contributed by atoms with Gasteiger partial charge in [0.15, 0.2) is 0 Å². The number of hydrogen-bond donors (Lipinski definition) is 1. The van der Waals surface area contributed by atoms with Gasteiger partial charge >= 0.3 is 0 Å². The monoisotopic (exact) mass is 223 g/mol. The van der Waals surface area contributed by atoms with Gasteiger partial charge in [0, 0.05) is 23.2 Å². The molecule has 0 bridgehead atoms. The molecule has 1 heterocycles. The highest BCUT2D eigenvalue weighted by Crippen LogP contribution is 2.22. The predicted molar refractivity (Wildman–Crippen MR) is 62.6 cm³/mol. The fourth-order valence-electron chi connectivity index (χ4n) is 1.52. The molecule has 1 aromatic rings. The molecule has 5 heteroatoms. The standard InChI is InChI=1S/C11H17N3O2/c1-7-5-10(8(2)9(3)12-4)13-6-11(7)14(15)16/h5-6,8-9,12H,1-4H3.